The summed E-state index contributed by atoms with van der Waals surface area (Å²) in [4.78, 5) is 17.2. The summed E-state index contributed by atoms with van der Waals surface area (Å²) in [5.74, 6) is -0.680. The lowest BCUT2D eigenvalue weighted by Gasteiger charge is -2.36. The maximum Gasteiger partial charge on any atom is 0.259 e. The second-order valence-electron chi connectivity index (χ2n) is 7.88. The standard InChI is InChI=1S/C24H25FN6O2/c1-17-22(16-27-31(17)21-5-2-19(25)3-6-21)24(33)28-20-4-7-23(18(14-20)15-26)30-10-8-29(9-11-30)12-13-32/h2-7,14,16,32H,8-13H2,1H3,(H,28,33). The van der Waals surface area contributed by atoms with Crippen molar-refractivity contribution in [1.82, 2.24) is 14.7 Å². The molecule has 2 N–H and O–H groups in total. The van der Waals surface area contributed by atoms with Crippen LogP contribution in [0.15, 0.2) is 48.7 Å². The normalized spacial score (nSPS) is 14.2. The van der Waals surface area contributed by atoms with E-state index in [0.29, 0.717) is 34.7 Å². The molecule has 3 aromatic rings. The molecule has 0 radical (unpaired) electrons. The number of aliphatic hydroxyl groups excluding tert-OH is 1. The fourth-order valence-electron chi connectivity index (χ4n) is 4.01. The summed E-state index contributed by atoms with van der Waals surface area (Å²) in [6, 6.07) is 13.4. The van der Waals surface area contributed by atoms with Gasteiger partial charge in [0.25, 0.3) is 5.91 Å². The molecule has 9 heteroatoms. The van der Waals surface area contributed by atoms with Gasteiger partial charge >= 0.3 is 0 Å². The Hall–Kier alpha value is -3.74. The van der Waals surface area contributed by atoms with E-state index >= 15 is 0 Å². The molecule has 1 aliphatic rings. The summed E-state index contributed by atoms with van der Waals surface area (Å²) in [7, 11) is 0. The highest BCUT2D eigenvalue weighted by atomic mass is 19.1. The lowest BCUT2D eigenvalue weighted by atomic mass is 10.1. The molecular formula is C24H25FN6O2. The molecule has 1 aromatic heterocycles. The van der Waals surface area contributed by atoms with Gasteiger partial charge in [-0.2, -0.15) is 10.4 Å². The first-order chi connectivity index (χ1) is 16.0. The van der Waals surface area contributed by atoms with Crippen molar-refractivity contribution in [3.8, 4) is 11.8 Å². The van der Waals surface area contributed by atoms with Crippen LogP contribution in [0.2, 0.25) is 0 Å². The van der Waals surface area contributed by atoms with Crippen LogP contribution in [-0.4, -0.2) is 65.0 Å². The Morgan fingerprint density at radius 3 is 2.58 bits per heavy atom. The summed E-state index contributed by atoms with van der Waals surface area (Å²) in [5.41, 5.74) is 3.51. The van der Waals surface area contributed by atoms with E-state index in [0.717, 1.165) is 31.9 Å². The van der Waals surface area contributed by atoms with E-state index in [1.54, 1.807) is 35.9 Å². The largest absolute Gasteiger partial charge is 0.395 e. The first-order valence-corrected chi connectivity index (χ1v) is 10.7. The van der Waals surface area contributed by atoms with Gasteiger partial charge in [-0.3, -0.25) is 9.69 Å². The van der Waals surface area contributed by atoms with Gasteiger partial charge in [0.05, 0.1) is 41.0 Å². The average molecular weight is 449 g/mol. The Morgan fingerprint density at radius 1 is 1.18 bits per heavy atom. The maximum atomic E-state index is 13.2. The molecule has 0 spiro atoms. The second-order valence-corrected chi connectivity index (χ2v) is 7.88. The van der Waals surface area contributed by atoms with Gasteiger partial charge in [0, 0.05) is 38.4 Å². The van der Waals surface area contributed by atoms with Crippen LogP contribution in [0.1, 0.15) is 21.6 Å². The topological polar surface area (TPSA) is 97.4 Å². The van der Waals surface area contributed by atoms with Gasteiger partial charge in [0.2, 0.25) is 0 Å². The predicted molar refractivity (Wildman–Crippen MR) is 123 cm³/mol. The minimum absolute atomic E-state index is 0.139. The van der Waals surface area contributed by atoms with Gasteiger partial charge in [-0.25, -0.2) is 9.07 Å². The fourth-order valence-corrected chi connectivity index (χ4v) is 4.01. The van der Waals surface area contributed by atoms with Gasteiger partial charge in [-0.15, -0.1) is 0 Å². The van der Waals surface area contributed by atoms with E-state index in [9.17, 15) is 14.4 Å². The zero-order valence-electron chi connectivity index (χ0n) is 18.3. The summed E-state index contributed by atoms with van der Waals surface area (Å²) in [6.45, 7) is 5.74. The number of aromatic nitrogens is 2. The SMILES string of the molecule is Cc1c(C(=O)Nc2ccc(N3CCN(CCO)CC3)c(C#N)c2)cnn1-c1ccc(F)cc1. The van der Waals surface area contributed by atoms with E-state index in [1.165, 1.54) is 18.3 Å². The minimum atomic E-state index is -0.342. The molecule has 170 valence electrons. The number of carbonyl (C=O) groups is 1. The van der Waals surface area contributed by atoms with E-state index in [-0.39, 0.29) is 18.3 Å². The number of halogens is 1. The van der Waals surface area contributed by atoms with Crippen LogP contribution in [0, 0.1) is 24.1 Å². The van der Waals surface area contributed by atoms with Crippen LogP contribution in [0.5, 0.6) is 0 Å². The summed E-state index contributed by atoms with van der Waals surface area (Å²) >= 11 is 0. The molecule has 2 heterocycles. The molecule has 0 saturated carbocycles. The number of aliphatic hydroxyl groups is 1. The van der Waals surface area contributed by atoms with Crippen LogP contribution in [-0.2, 0) is 0 Å². The van der Waals surface area contributed by atoms with Gasteiger partial charge in [-0.1, -0.05) is 0 Å². The third-order valence-electron chi connectivity index (χ3n) is 5.83. The van der Waals surface area contributed by atoms with Crippen molar-refractivity contribution in [3.05, 3.63) is 71.3 Å². The van der Waals surface area contributed by atoms with Crippen LogP contribution in [0.4, 0.5) is 15.8 Å². The van der Waals surface area contributed by atoms with Crippen molar-refractivity contribution in [3.63, 3.8) is 0 Å². The number of hydrogen-bond acceptors (Lipinski definition) is 6. The summed E-state index contributed by atoms with van der Waals surface area (Å²) < 4.78 is 14.8. The minimum Gasteiger partial charge on any atom is -0.395 e. The number of nitrogens with zero attached hydrogens (tertiary/aromatic N) is 5. The smallest absolute Gasteiger partial charge is 0.259 e. The van der Waals surface area contributed by atoms with Crippen LogP contribution in [0.25, 0.3) is 5.69 Å². The molecule has 0 bridgehead atoms. The molecule has 2 aromatic carbocycles. The van der Waals surface area contributed by atoms with Crippen molar-refractivity contribution in [2.75, 3.05) is 49.5 Å². The Bertz CT molecular complexity index is 1180. The number of hydrogen-bond donors (Lipinski definition) is 2. The number of nitrogens with one attached hydrogen (secondary N) is 1. The van der Waals surface area contributed by atoms with E-state index in [2.05, 4.69) is 26.3 Å². The first-order valence-electron chi connectivity index (χ1n) is 10.7. The summed E-state index contributed by atoms with van der Waals surface area (Å²) in [6.07, 6.45) is 1.47. The lowest BCUT2D eigenvalue weighted by Crippen LogP contribution is -2.47. The van der Waals surface area contributed by atoms with Crippen molar-refractivity contribution in [2.24, 2.45) is 0 Å². The highest BCUT2D eigenvalue weighted by molar-refractivity contribution is 6.05. The molecule has 1 saturated heterocycles. The monoisotopic (exact) mass is 448 g/mol. The van der Waals surface area contributed by atoms with Gasteiger partial charge in [0.15, 0.2) is 0 Å². The maximum absolute atomic E-state index is 13.2. The Labute approximate surface area is 191 Å². The molecule has 1 aliphatic heterocycles. The summed E-state index contributed by atoms with van der Waals surface area (Å²) in [5, 5.41) is 25.9. The number of carbonyl (C=O) groups excluding carboxylic acids is 1. The van der Waals surface area contributed by atoms with Gasteiger partial charge < -0.3 is 15.3 Å². The third kappa shape index (κ3) is 4.87. The first kappa shape index (κ1) is 22.5. The number of piperazine rings is 1. The van der Waals surface area contributed by atoms with Gasteiger partial charge in [-0.05, 0) is 49.4 Å². The Balaban J connectivity index is 1.48. The van der Waals surface area contributed by atoms with E-state index in [1.807, 2.05) is 6.07 Å². The quantitative estimate of drug-likeness (QED) is 0.602. The molecule has 0 aliphatic carbocycles. The van der Waals surface area contributed by atoms with Crippen LogP contribution in [0.3, 0.4) is 0 Å². The number of rotatable bonds is 6. The van der Waals surface area contributed by atoms with Crippen molar-refractivity contribution < 1.29 is 14.3 Å². The molecule has 1 fully saturated rings. The fraction of sp³-hybridized carbons (Fsp3) is 0.292. The molecular weight excluding hydrogens is 423 g/mol. The van der Waals surface area contributed by atoms with Crippen molar-refractivity contribution in [2.45, 2.75) is 6.92 Å². The zero-order valence-corrected chi connectivity index (χ0v) is 18.3. The van der Waals surface area contributed by atoms with E-state index in [4.69, 9.17) is 5.11 Å². The zero-order chi connectivity index (χ0) is 23.4. The van der Waals surface area contributed by atoms with Gasteiger partial charge in [0.1, 0.15) is 11.9 Å². The number of β-amino-alcohol motifs (C(OH)–C–C–N with tert-alkyl or cyclic N) is 1. The third-order valence-corrected chi connectivity index (χ3v) is 5.83. The Morgan fingerprint density at radius 2 is 1.91 bits per heavy atom. The molecule has 1 amide bonds. The highest BCUT2D eigenvalue weighted by Gasteiger charge is 2.20. The van der Waals surface area contributed by atoms with Crippen LogP contribution >= 0.6 is 0 Å². The lowest BCUT2D eigenvalue weighted by molar-refractivity contribution is 0.102. The van der Waals surface area contributed by atoms with Crippen molar-refractivity contribution >= 4 is 17.3 Å². The number of benzene rings is 2. The predicted octanol–water partition coefficient (Wildman–Crippen LogP) is 2.56. The van der Waals surface area contributed by atoms with Crippen molar-refractivity contribution in [1.29, 1.82) is 5.26 Å². The van der Waals surface area contributed by atoms with E-state index < -0.39 is 0 Å². The number of anilines is 2. The average Bonchev–Trinajstić information content (AvgIpc) is 3.21. The molecule has 8 nitrogen and oxygen atoms in total. The number of nitriles is 1. The molecule has 0 unspecified atom stereocenters. The molecule has 33 heavy (non-hydrogen) atoms. The molecule has 0 atom stereocenters. The second kappa shape index (κ2) is 9.81. The highest BCUT2D eigenvalue weighted by Crippen LogP contribution is 2.26. The Kier molecular flexibility index (Phi) is 6.68. The number of amides is 1. The van der Waals surface area contributed by atoms with Crippen LogP contribution < -0.4 is 10.2 Å². The molecule has 4 rings (SSSR count).